The molecule has 0 saturated carbocycles. The van der Waals surface area contributed by atoms with Crippen molar-refractivity contribution in [2.24, 2.45) is 10.7 Å². The van der Waals surface area contributed by atoms with Gasteiger partial charge in [0.25, 0.3) is 0 Å². The highest BCUT2D eigenvalue weighted by Crippen LogP contribution is 2.11. The van der Waals surface area contributed by atoms with Crippen LogP contribution in [0.5, 0.6) is 0 Å². The standard InChI is InChI=1S/C13H14N2/c14-13(11-7-3-1-4-8-11)15-12-9-5-2-6-10-12/h1,3-5,7-10H,2,6H2,(H2,14,15). The molecule has 0 radical (unpaired) electrons. The van der Waals surface area contributed by atoms with Crippen molar-refractivity contribution in [3.63, 3.8) is 0 Å². The maximum atomic E-state index is 5.90. The summed E-state index contributed by atoms with van der Waals surface area (Å²) in [5.74, 6) is 0.577. The van der Waals surface area contributed by atoms with Crippen molar-refractivity contribution in [2.75, 3.05) is 0 Å². The molecule has 0 fully saturated rings. The SMILES string of the molecule is NC(=NC1=CCCC=C1)c1ccccc1. The van der Waals surface area contributed by atoms with Crippen LogP contribution in [-0.4, -0.2) is 5.84 Å². The Morgan fingerprint density at radius 1 is 1.13 bits per heavy atom. The topological polar surface area (TPSA) is 38.4 Å². The minimum absolute atomic E-state index is 0.577. The lowest BCUT2D eigenvalue weighted by molar-refractivity contribution is 1.01. The molecule has 1 aliphatic rings. The van der Waals surface area contributed by atoms with Crippen molar-refractivity contribution in [3.8, 4) is 0 Å². The van der Waals surface area contributed by atoms with E-state index in [4.69, 9.17) is 5.73 Å². The van der Waals surface area contributed by atoms with E-state index in [-0.39, 0.29) is 0 Å². The Morgan fingerprint density at radius 2 is 1.93 bits per heavy atom. The third-order valence-electron chi connectivity index (χ3n) is 2.29. The van der Waals surface area contributed by atoms with Gasteiger partial charge in [0, 0.05) is 5.56 Å². The first kappa shape index (κ1) is 9.71. The molecule has 0 spiro atoms. The van der Waals surface area contributed by atoms with Crippen LogP contribution in [0.4, 0.5) is 0 Å². The van der Waals surface area contributed by atoms with Gasteiger partial charge in [-0.15, -0.1) is 0 Å². The molecular formula is C13H14N2. The van der Waals surface area contributed by atoms with E-state index in [1.165, 1.54) is 0 Å². The van der Waals surface area contributed by atoms with Crippen LogP contribution in [0.25, 0.3) is 0 Å². The van der Waals surface area contributed by atoms with E-state index in [0.717, 1.165) is 24.1 Å². The van der Waals surface area contributed by atoms with Crippen LogP contribution >= 0.6 is 0 Å². The summed E-state index contributed by atoms with van der Waals surface area (Å²) < 4.78 is 0. The maximum absolute atomic E-state index is 5.90. The molecule has 2 nitrogen and oxygen atoms in total. The molecule has 0 atom stereocenters. The van der Waals surface area contributed by atoms with Gasteiger partial charge in [-0.3, -0.25) is 0 Å². The van der Waals surface area contributed by atoms with Crippen LogP contribution in [0.1, 0.15) is 18.4 Å². The zero-order chi connectivity index (χ0) is 10.5. The van der Waals surface area contributed by atoms with Crippen molar-refractivity contribution in [2.45, 2.75) is 12.8 Å². The summed E-state index contributed by atoms with van der Waals surface area (Å²) in [7, 11) is 0. The molecule has 0 aliphatic heterocycles. The molecule has 0 saturated heterocycles. The lowest BCUT2D eigenvalue weighted by atomic mass is 10.1. The minimum Gasteiger partial charge on any atom is -0.383 e. The average Bonchev–Trinajstić information content (AvgIpc) is 2.31. The molecule has 1 aromatic carbocycles. The largest absolute Gasteiger partial charge is 0.383 e. The number of nitrogens with zero attached hydrogens (tertiary/aromatic N) is 1. The monoisotopic (exact) mass is 198 g/mol. The summed E-state index contributed by atoms with van der Waals surface area (Å²) in [5.41, 5.74) is 7.83. The summed E-state index contributed by atoms with van der Waals surface area (Å²) in [5, 5.41) is 0. The second-order valence-electron chi connectivity index (χ2n) is 3.47. The van der Waals surface area contributed by atoms with Gasteiger partial charge < -0.3 is 5.73 Å². The van der Waals surface area contributed by atoms with Gasteiger partial charge in [0.1, 0.15) is 5.84 Å². The quantitative estimate of drug-likeness (QED) is 0.575. The molecule has 2 heteroatoms. The number of amidine groups is 1. The van der Waals surface area contributed by atoms with Gasteiger partial charge >= 0.3 is 0 Å². The van der Waals surface area contributed by atoms with Gasteiger partial charge in [-0.25, -0.2) is 4.99 Å². The lowest BCUT2D eigenvalue weighted by Crippen LogP contribution is -2.13. The zero-order valence-corrected chi connectivity index (χ0v) is 8.56. The fraction of sp³-hybridized carbons (Fsp3) is 0.154. The van der Waals surface area contributed by atoms with Crippen LogP contribution in [-0.2, 0) is 0 Å². The zero-order valence-electron chi connectivity index (χ0n) is 8.56. The van der Waals surface area contributed by atoms with E-state index in [9.17, 15) is 0 Å². The highest BCUT2D eigenvalue weighted by molar-refractivity contribution is 5.98. The van der Waals surface area contributed by atoms with E-state index in [1.807, 2.05) is 36.4 Å². The van der Waals surface area contributed by atoms with Crippen molar-refractivity contribution >= 4 is 5.84 Å². The first-order valence-corrected chi connectivity index (χ1v) is 5.12. The number of allylic oxidation sites excluding steroid dienone is 3. The smallest absolute Gasteiger partial charge is 0.131 e. The van der Waals surface area contributed by atoms with E-state index < -0.39 is 0 Å². The van der Waals surface area contributed by atoms with Crippen LogP contribution in [0.2, 0.25) is 0 Å². The number of rotatable bonds is 2. The molecule has 2 N–H and O–H groups in total. The summed E-state index contributed by atoms with van der Waals surface area (Å²) in [4.78, 5) is 4.37. The molecular weight excluding hydrogens is 184 g/mol. The fourth-order valence-electron chi connectivity index (χ4n) is 1.50. The third-order valence-corrected chi connectivity index (χ3v) is 2.29. The Morgan fingerprint density at radius 3 is 2.60 bits per heavy atom. The van der Waals surface area contributed by atoms with E-state index in [1.54, 1.807) is 0 Å². The number of benzene rings is 1. The summed E-state index contributed by atoms with van der Waals surface area (Å²) in [6, 6.07) is 9.82. The summed E-state index contributed by atoms with van der Waals surface area (Å²) in [6.07, 6.45) is 8.40. The van der Waals surface area contributed by atoms with Crippen LogP contribution in [0.15, 0.2) is 59.2 Å². The van der Waals surface area contributed by atoms with Gasteiger partial charge in [0.2, 0.25) is 0 Å². The maximum Gasteiger partial charge on any atom is 0.131 e. The van der Waals surface area contributed by atoms with Crippen LogP contribution in [0.3, 0.4) is 0 Å². The molecule has 0 amide bonds. The van der Waals surface area contributed by atoms with Gasteiger partial charge in [0.05, 0.1) is 5.70 Å². The van der Waals surface area contributed by atoms with Gasteiger partial charge in [-0.05, 0) is 18.9 Å². The predicted molar refractivity (Wildman–Crippen MR) is 63.6 cm³/mol. The highest BCUT2D eigenvalue weighted by Gasteiger charge is 1.99. The van der Waals surface area contributed by atoms with Crippen molar-refractivity contribution in [3.05, 3.63) is 59.8 Å². The number of hydrogen-bond donors (Lipinski definition) is 1. The Kier molecular flexibility index (Phi) is 2.98. The third kappa shape index (κ3) is 2.56. The second kappa shape index (κ2) is 4.60. The molecule has 2 rings (SSSR count). The average molecular weight is 198 g/mol. The fourth-order valence-corrected chi connectivity index (χ4v) is 1.50. The Hall–Kier alpha value is -1.83. The van der Waals surface area contributed by atoms with Crippen LogP contribution < -0.4 is 5.73 Å². The molecule has 76 valence electrons. The van der Waals surface area contributed by atoms with Gasteiger partial charge in [-0.1, -0.05) is 42.5 Å². The first-order valence-electron chi connectivity index (χ1n) is 5.12. The Balaban J connectivity index is 2.20. The molecule has 15 heavy (non-hydrogen) atoms. The highest BCUT2D eigenvalue weighted by atomic mass is 14.9. The van der Waals surface area contributed by atoms with Crippen molar-refractivity contribution < 1.29 is 0 Å². The van der Waals surface area contributed by atoms with Crippen LogP contribution in [0, 0.1) is 0 Å². The normalized spacial score (nSPS) is 16.3. The van der Waals surface area contributed by atoms with Gasteiger partial charge in [-0.2, -0.15) is 0 Å². The van der Waals surface area contributed by atoms with Crippen molar-refractivity contribution in [1.29, 1.82) is 0 Å². The Labute approximate surface area is 89.8 Å². The molecule has 0 heterocycles. The van der Waals surface area contributed by atoms with Gasteiger partial charge in [0.15, 0.2) is 0 Å². The summed E-state index contributed by atoms with van der Waals surface area (Å²) in [6.45, 7) is 0. The molecule has 0 bridgehead atoms. The first-order chi connectivity index (χ1) is 7.36. The molecule has 0 unspecified atom stereocenters. The molecule has 0 aromatic heterocycles. The summed E-state index contributed by atoms with van der Waals surface area (Å²) >= 11 is 0. The number of hydrogen-bond acceptors (Lipinski definition) is 1. The molecule has 1 aliphatic carbocycles. The minimum atomic E-state index is 0.577. The second-order valence-corrected chi connectivity index (χ2v) is 3.47. The van der Waals surface area contributed by atoms with E-state index >= 15 is 0 Å². The van der Waals surface area contributed by atoms with E-state index in [2.05, 4.69) is 17.1 Å². The lowest BCUT2D eigenvalue weighted by Gasteiger charge is -2.04. The molecule has 1 aromatic rings. The predicted octanol–water partition coefficient (Wildman–Crippen LogP) is 2.63. The number of nitrogens with two attached hydrogens (primary N) is 1. The number of aliphatic imine (C=N–C) groups is 1. The van der Waals surface area contributed by atoms with Crippen molar-refractivity contribution in [1.82, 2.24) is 0 Å². The van der Waals surface area contributed by atoms with E-state index in [0.29, 0.717) is 5.84 Å². The Bertz CT molecular complexity index is 413.